The minimum absolute atomic E-state index is 0. The second kappa shape index (κ2) is 5.17. The zero-order valence-electron chi connectivity index (χ0n) is 8.25. The van der Waals surface area contributed by atoms with Crippen LogP contribution in [0.2, 0.25) is 0 Å². The third-order valence-electron chi connectivity index (χ3n) is 2.20. The molecule has 4 heteroatoms. The van der Waals surface area contributed by atoms with Crippen molar-refractivity contribution in [3.05, 3.63) is 29.1 Å². The SMILES string of the molecule is CC[C@@H](N)c1c(C)ccc(F)c1O.Cl. The van der Waals surface area contributed by atoms with Crippen LogP contribution in [0.3, 0.4) is 0 Å². The molecule has 0 radical (unpaired) electrons. The van der Waals surface area contributed by atoms with Crippen LogP contribution < -0.4 is 5.73 Å². The van der Waals surface area contributed by atoms with Gasteiger partial charge in [-0.05, 0) is 25.0 Å². The molecule has 0 spiro atoms. The van der Waals surface area contributed by atoms with E-state index in [1.807, 2.05) is 13.8 Å². The lowest BCUT2D eigenvalue weighted by atomic mass is 9.99. The maximum absolute atomic E-state index is 13.0. The van der Waals surface area contributed by atoms with Crippen LogP contribution in [0.5, 0.6) is 5.75 Å². The van der Waals surface area contributed by atoms with Crippen LogP contribution >= 0.6 is 12.4 Å². The van der Waals surface area contributed by atoms with E-state index < -0.39 is 5.82 Å². The van der Waals surface area contributed by atoms with Crippen LogP contribution in [0.25, 0.3) is 0 Å². The van der Waals surface area contributed by atoms with Crippen molar-refractivity contribution in [2.45, 2.75) is 26.3 Å². The Morgan fingerprint density at radius 2 is 2.07 bits per heavy atom. The van der Waals surface area contributed by atoms with E-state index in [4.69, 9.17) is 5.73 Å². The monoisotopic (exact) mass is 219 g/mol. The van der Waals surface area contributed by atoms with Crippen molar-refractivity contribution < 1.29 is 9.50 Å². The number of aromatic hydroxyl groups is 1. The molecule has 2 nitrogen and oxygen atoms in total. The van der Waals surface area contributed by atoms with Crippen molar-refractivity contribution in [2.24, 2.45) is 5.73 Å². The number of nitrogens with two attached hydrogens (primary N) is 1. The van der Waals surface area contributed by atoms with Crippen LogP contribution in [-0.2, 0) is 0 Å². The van der Waals surface area contributed by atoms with Crippen LogP contribution in [-0.4, -0.2) is 5.11 Å². The predicted molar refractivity (Wildman–Crippen MR) is 57.3 cm³/mol. The molecule has 0 fully saturated rings. The predicted octanol–water partition coefficient (Wildman–Crippen LogP) is 2.67. The van der Waals surface area contributed by atoms with E-state index in [1.165, 1.54) is 6.07 Å². The molecule has 0 aliphatic rings. The van der Waals surface area contributed by atoms with Crippen molar-refractivity contribution in [2.75, 3.05) is 0 Å². The Morgan fingerprint density at radius 1 is 1.50 bits per heavy atom. The maximum Gasteiger partial charge on any atom is 0.165 e. The molecular weight excluding hydrogens is 205 g/mol. The van der Waals surface area contributed by atoms with Crippen LogP contribution in [0.4, 0.5) is 4.39 Å². The summed E-state index contributed by atoms with van der Waals surface area (Å²) in [7, 11) is 0. The van der Waals surface area contributed by atoms with Gasteiger partial charge < -0.3 is 10.8 Å². The minimum atomic E-state index is -0.607. The molecule has 80 valence electrons. The van der Waals surface area contributed by atoms with Crippen molar-refractivity contribution >= 4 is 12.4 Å². The molecule has 1 aromatic carbocycles. The zero-order valence-corrected chi connectivity index (χ0v) is 9.07. The average molecular weight is 220 g/mol. The summed E-state index contributed by atoms with van der Waals surface area (Å²) >= 11 is 0. The standard InChI is InChI=1S/C10H14FNO.ClH/c1-3-8(12)9-6(2)4-5-7(11)10(9)13;/h4-5,8,13H,3,12H2,1-2H3;1H/t8-;/m1./s1. The normalized spacial score (nSPS) is 12.0. The highest BCUT2D eigenvalue weighted by atomic mass is 35.5. The lowest BCUT2D eigenvalue weighted by Gasteiger charge is -2.14. The molecule has 3 N–H and O–H groups in total. The second-order valence-corrected chi connectivity index (χ2v) is 3.14. The Morgan fingerprint density at radius 3 is 2.57 bits per heavy atom. The molecule has 0 aliphatic heterocycles. The molecule has 0 bridgehead atoms. The van der Waals surface area contributed by atoms with Crippen molar-refractivity contribution in [1.82, 2.24) is 0 Å². The molecule has 0 aromatic heterocycles. The van der Waals surface area contributed by atoms with E-state index in [1.54, 1.807) is 6.07 Å². The molecular formula is C10H15ClFNO. The number of phenols is 1. The third-order valence-corrected chi connectivity index (χ3v) is 2.20. The first-order valence-electron chi connectivity index (χ1n) is 4.31. The Kier molecular flexibility index (Phi) is 4.88. The van der Waals surface area contributed by atoms with Gasteiger partial charge in [0.2, 0.25) is 0 Å². The van der Waals surface area contributed by atoms with Crippen LogP contribution in [0, 0.1) is 12.7 Å². The van der Waals surface area contributed by atoms with Crippen LogP contribution in [0.15, 0.2) is 12.1 Å². The molecule has 1 aromatic rings. The third kappa shape index (κ3) is 2.36. The van der Waals surface area contributed by atoms with Crippen molar-refractivity contribution in [1.29, 1.82) is 0 Å². The first-order chi connectivity index (χ1) is 6.07. The van der Waals surface area contributed by atoms with Crippen molar-refractivity contribution in [3.8, 4) is 5.75 Å². The van der Waals surface area contributed by atoms with E-state index in [2.05, 4.69) is 0 Å². The number of benzene rings is 1. The first-order valence-corrected chi connectivity index (χ1v) is 4.31. The van der Waals surface area contributed by atoms with Gasteiger partial charge in [-0.2, -0.15) is 0 Å². The number of phenolic OH excluding ortho intramolecular Hbond substituents is 1. The van der Waals surface area contributed by atoms with E-state index in [-0.39, 0.29) is 24.2 Å². The second-order valence-electron chi connectivity index (χ2n) is 3.14. The van der Waals surface area contributed by atoms with E-state index in [9.17, 15) is 9.50 Å². The minimum Gasteiger partial charge on any atom is -0.505 e. The topological polar surface area (TPSA) is 46.2 Å². The average Bonchev–Trinajstić information content (AvgIpc) is 2.12. The maximum atomic E-state index is 13.0. The van der Waals surface area contributed by atoms with E-state index >= 15 is 0 Å². The van der Waals surface area contributed by atoms with Gasteiger partial charge in [0, 0.05) is 11.6 Å². The highest BCUT2D eigenvalue weighted by molar-refractivity contribution is 5.85. The number of aryl methyl sites for hydroxylation is 1. The van der Waals surface area contributed by atoms with Gasteiger partial charge in [0.05, 0.1) is 0 Å². The molecule has 0 heterocycles. The number of halogens is 2. The fraction of sp³-hybridized carbons (Fsp3) is 0.400. The van der Waals surface area contributed by atoms with Gasteiger partial charge in [-0.1, -0.05) is 13.0 Å². The Balaban J connectivity index is 0.00000169. The highest BCUT2D eigenvalue weighted by Gasteiger charge is 2.15. The molecule has 1 rings (SSSR count). The van der Waals surface area contributed by atoms with Gasteiger partial charge in [0.1, 0.15) is 0 Å². The summed E-state index contributed by atoms with van der Waals surface area (Å²) in [6, 6.07) is 2.58. The molecule has 0 saturated heterocycles. The number of rotatable bonds is 2. The molecule has 14 heavy (non-hydrogen) atoms. The van der Waals surface area contributed by atoms with Gasteiger partial charge in [-0.3, -0.25) is 0 Å². The summed E-state index contributed by atoms with van der Waals surface area (Å²) in [5.74, 6) is -0.918. The van der Waals surface area contributed by atoms with Gasteiger partial charge in [0.25, 0.3) is 0 Å². The summed E-state index contributed by atoms with van der Waals surface area (Å²) in [5.41, 5.74) is 7.08. The number of hydrogen-bond acceptors (Lipinski definition) is 2. The lowest BCUT2D eigenvalue weighted by Crippen LogP contribution is -2.11. The summed E-state index contributed by atoms with van der Waals surface area (Å²) in [6.07, 6.45) is 0.678. The molecule has 0 unspecified atom stereocenters. The van der Waals surface area contributed by atoms with Gasteiger partial charge in [-0.25, -0.2) is 4.39 Å². The smallest absolute Gasteiger partial charge is 0.165 e. The lowest BCUT2D eigenvalue weighted by molar-refractivity contribution is 0.419. The Labute approximate surface area is 89.3 Å². The summed E-state index contributed by atoms with van der Waals surface area (Å²) in [6.45, 7) is 3.71. The van der Waals surface area contributed by atoms with E-state index in [0.29, 0.717) is 12.0 Å². The fourth-order valence-electron chi connectivity index (χ4n) is 1.35. The molecule has 1 atom stereocenters. The van der Waals surface area contributed by atoms with E-state index in [0.717, 1.165) is 5.56 Å². The Bertz CT molecular complexity index is 317. The summed E-state index contributed by atoms with van der Waals surface area (Å²) in [4.78, 5) is 0. The van der Waals surface area contributed by atoms with Gasteiger partial charge in [-0.15, -0.1) is 12.4 Å². The largest absolute Gasteiger partial charge is 0.505 e. The summed E-state index contributed by atoms with van der Waals surface area (Å²) < 4.78 is 13.0. The quantitative estimate of drug-likeness (QED) is 0.804. The first kappa shape index (κ1) is 13.2. The zero-order chi connectivity index (χ0) is 10.0. The van der Waals surface area contributed by atoms with Crippen LogP contribution in [0.1, 0.15) is 30.5 Å². The molecule has 0 amide bonds. The van der Waals surface area contributed by atoms with Gasteiger partial charge in [0.15, 0.2) is 11.6 Å². The van der Waals surface area contributed by atoms with Gasteiger partial charge >= 0.3 is 0 Å². The van der Waals surface area contributed by atoms with Crippen molar-refractivity contribution in [3.63, 3.8) is 0 Å². The Hall–Kier alpha value is -0.800. The number of hydrogen-bond donors (Lipinski definition) is 2. The fourth-order valence-corrected chi connectivity index (χ4v) is 1.35. The molecule has 0 saturated carbocycles. The molecule has 0 aliphatic carbocycles. The highest BCUT2D eigenvalue weighted by Crippen LogP contribution is 2.30. The summed E-state index contributed by atoms with van der Waals surface area (Å²) in [5, 5.41) is 9.42.